The van der Waals surface area contributed by atoms with Crippen LogP contribution in [0.4, 0.5) is 0 Å². The van der Waals surface area contributed by atoms with Crippen molar-refractivity contribution in [3.05, 3.63) is 235 Å². The minimum Gasteiger partial charge on any atom is -0.309 e. The van der Waals surface area contributed by atoms with Crippen LogP contribution in [-0.4, -0.2) is 9.13 Å². The van der Waals surface area contributed by atoms with Gasteiger partial charge in [0.05, 0.1) is 33.4 Å². The highest BCUT2D eigenvalue weighted by molar-refractivity contribution is 6.29. The molecule has 2 heterocycles. The summed E-state index contributed by atoms with van der Waals surface area (Å²) in [5.74, 6) is 0. The van der Waals surface area contributed by atoms with Crippen molar-refractivity contribution >= 4 is 105 Å². The Morgan fingerprint density at radius 1 is 0.333 bits per heavy atom. The third kappa shape index (κ3) is 5.96. The predicted octanol–water partition coefficient (Wildman–Crippen LogP) is 17.7. The fourth-order valence-electron chi connectivity index (χ4n) is 10.7. The summed E-state index contributed by atoms with van der Waals surface area (Å²) in [4.78, 5) is 0. The summed E-state index contributed by atoms with van der Waals surface area (Å²) in [5.41, 5.74) is 14.1. The van der Waals surface area contributed by atoms with Crippen LogP contribution in [0.1, 0.15) is 29.2 Å². The lowest BCUT2D eigenvalue weighted by Crippen LogP contribution is -2.03. The van der Waals surface area contributed by atoms with Crippen molar-refractivity contribution in [2.75, 3.05) is 0 Å². The van der Waals surface area contributed by atoms with Crippen molar-refractivity contribution in [2.45, 2.75) is 13.8 Å². The van der Waals surface area contributed by atoms with Gasteiger partial charge in [0.2, 0.25) is 0 Å². The number of aryl methyl sites for hydroxylation is 1. The smallest absolute Gasteiger partial charge is 0.0548 e. The topological polar surface area (TPSA) is 9.86 Å². The van der Waals surface area contributed by atoms with Gasteiger partial charge in [0.15, 0.2) is 0 Å². The van der Waals surface area contributed by atoms with Crippen LogP contribution in [0.5, 0.6) is 0 Å². The lowest BCUT2D eigenvalue weighted by molar-refractivity contribution is 1.13. The summed E-state index contributed by atoms with van der Waals surface area (Å²) in [6, 6.07) is 76.5. The minimum atomic E-state index is 1.12. The Bertz CT molecular complexity index is 4060. The second-order valence-electron chi connectivity index (χ2n) is 17.7. The zero-order chi connectivity index (χ0) is 43.9. The number of rotatable bonds is 6. The summed E-state index contributed by atoms with van der Waals surface area (Å²) in [6.07, 6.45) is 9.08. The van der Waals surface area contributed by atoms with Gasteiger partial charge >= 0.3 is 0 Å². The molecule has 11 aromatic carbocycles. The van der Waals surface area contributed by atoms with Gasteiger partial charge in [0, 0.05) is 32.7 Å². The number of allylic oxidation sites excluding steroid dienone is 1. The molecule has 0 fully saturated rings. The lowest BCUT2D eigenvalue weighted by Gasteiger charge is -2.19. The Morgan fingerprint density at radius 3 is 1.32 bits per heavy atom. The van der Waals surface area contributed by atoms with E-state index >= 15 is 0 Å². The molecule has 0 aliphatic rings. The van der Waals surface area contributed by atoms with E-state index in [0.29, 0.717) is 0 Å². The maximum absolute atomic E-state index is 2.52. The van der Waals surface area contributed by atoms with E-state index in [4.69, 9.17) is 0 Å². The average molecular weight is 841 g/mol. The molecule has 13 aromatic rings. The van der Waals surface area contributed by atoms with Crippen LogP contribution in [0, 0.1) is 6.92 Å². The SMILES string of the molecule is CC=Cc1cc(-n2c3ccc4ccccc4c3c3c4ccccc4ccc32)c(C=Cc2ccc(-c3ccc(C)cc3)cc2)cc1-n1c2cc3ccccc3cc2c2c3ccccc3ccc21. The van der Waals surface area contributed by atoms with Gasteiger partial charge in [-0.15, -0.1) is 0 Å². The number of aromatic nitrogens is 2. The van der Waals surface area contributed by atoms with Crippen LogP contribution in [0.15, 0.2) is 212 Å². The number of fused-ring (bicyclic) bond motifs is 13. The van der Waals surface area contributed by atoms with Crippen molar-refractivity contribution in [1.82, 2.24) is 9.13 Å². The second-order valence-corrected chi connectivity index (χ2v) is 17.7. The molecule has 0 aliphatic carbocycles. The van der Waals surface area contributed by atoms with Crippen molar-refractivity contribution in [3.63, 3.8) is 0 Å². The Labute approximate surface area is 383 Å². The molecule has 0 saturated carbocycles. The molecule has 13 rings (SSSR count). The van der Waals surface area contributed by atoms with Gasteiger partial charge in [-0.25, -0.2) is 0 Å². The first-order valence-corrected chi connectivity index (χ1v) is 22.9. The molecule has 0 bridgehead atoms. The zero-order valence-electron chi connectivity index (χ0n) is 36.8. The monoisotopic (exact) mass is 840 g/mol. The highest BCUT2D eigenvalue weighted by Gasteiger charge is 2.22. The summed E-state index contributed by atoms with van der Waals surface area (Å²) in [5, 5.41) is 15.0. The number of benzene rings is 11. The molecular formula is C64H44N2. The molecule has 0 aliphatic heterocycles. The standard InChI is InChI=1S/C64H44N2/c1-3-12-50-39-60(65-57-35-32-46-14-7-10-19-53(46)63(57)64-54-20-11-8-15-47(54)33-36-58(64)65)51(30-25-42-23-28-44(29-24-42)43-26-21-41(2)22-27-43)40-59(50)66-56-34-31-45-13-6-9-18-52(45)62(56)55-37-48-16-4-5-17-49(48)38-61(55)66/h3-40H,1-2H3. The van der Waals surface area contributed by atoms with E-state index < -0.39 is 0 Å². The van der Waals surface area contributed by atoms with Crippen LogP contribution >= 0.6 is 0 Å². The molecule has 2 nitrogen and oxygen atoms in total. The Kier molecular flexibility index (Phi) is 8.69. The molecule has 66 heavy (non-hydrogen) atoms. The van der Waals surface area contributed by atoms with E-state index in [1.165, 1.54) is 103 Å². The Morgan fingerprint density at radius 2 is 0.773 bits per heavy atom. The van der Waals surface area contributed by atoms with Gasteiger partial charge in [-0.3, -0.25) is 0 Å². The summed E-state index contributed by atoms with van der Waals surface area (Å²) >= 11 is 0. The van der Waals surface area contributed by atoms with Crippen molar-refractivity contribution in [1.29, 1.82) is 0 Å². The third-order valence-corrected chi connectivity index (χ3v) is 13.8. The zero-order valence-corrected chi connectivity index (χ0v) is 36.8. The fourth-order valence-corrected chi connectivity index (χ4v) is 10.7. The van der Waals surface area contributed by atoms with Gasteiger partial charge in [0.25, 0.3) is 0 Å². The van der Waals surface area contributed by atoms with E-state index in [9.17, 15) is 0 Å². The second kappa shape index (κ2) is 15.1. The Balaban J connectivity index is 1.13. The van der Waals surface area contributed by atoms with Gasteiger partial charge in [-0.2, -0.15) is 0 Å². The number of nitrogens with zero attached hydrogens (tertiary/aromatic N) is 2. The minimum absolute atomic E-state index is 1.12. The number of hydrogen-bond acceptors (Lipinski definition) is 0. The van der Waals surface area contributed by atoms with E-state index in [2.05, 4.69) is 254 Å². The van der Waals surface area contributed by atoms with Crippen molar-refractivity contribution in [2.24, 2.45) is 0 Å². The highest BCUT2D eigenvalue weighted by Crippen LogP contribution is 2.44. The van der Waals surface area contributed by atoms with E-state index in [1.807, 2.05) is 0 Å². The summed E-state index contributed by atoms with van der Waals surface area (Å²) in [6.45, 7) is 4.26. The van der Waals surface area contributed by atoms with E-state index in [1.54, 1.807) is 0 Å². The maximum atomic E-state index is 2.52. The molecule has 0 amide bonds. The molecular weight excluding hydrogens is 797 g/mol. The number of hydrogen-bond donors (Lipinski definition) is 0. The van der Waals surface area contributed by atoms with E-state index in [-0.39, 0.29) is 0 Å². The molecule has 0 spiro atoms. The van der Waals surface area contributed by atoms with Crippen LogP contribution in [0.2, 0.25) is 0 Å². The third-order valence-electron chi connectivity index (χ3n) is 13.8. The van der Waals surface area contributed by atoms with Gasteiger partial charge in [-0.05, 0) is 116 Å². The maximum Gasteiger partial charge on any atom is 0.0548 e. The van der Waals surface area contributed by atoms with Crippen molar-refractivity contribution < 1.29 is 0 Å². The fraction of sp³-hybridized carbons (Fsp3) is 0.0312. The van der Waals surface area contributed by atoms with Gasteiger partial charge in [-0.1, -0.05) is 194 Å². The first kappa shape index (κ1) is 38.0. The molecule has 2 heteroatoms. The van der Waals surface area contributed by atoms with Crippen LogP contribution in [0.3, 0.4) is 0 Å². The van der Waals surface area contributed by atoms with Gasteiger partial charge < -0.3 is 9.13 Å². The predicted molar refractivity (Wildman–Crippen MR) is 285 cm³/mol. The lowest BCUT2D eigenvalue weighted by atomic mass is 10.00. The largest absolute Gasteiger partial charge is 0.309 e. The molecule has 0 saturated heterocycles. The van der Waals surface area contributed by atoms with Crippen LogP contribution in [0.25, 0.3) is 127 Å². The van der Waals surface area contributed by atoms with E-state index in [0.717, 1.165) is 28.1 Å². The first-order valence-electron chi connectivity index (χ1n) is 22.9. The highest BCUT2D eigenvalue weighted by atomic mass is 15.0. The van der Waals surface area contributed by atoms with Crippen LogP contribution in [-0.2, 0) is 0 Å². The molecule has 310 valence electrons. The summed E-state index contributed by atoms with van der Waals surface area (Å²) in [7, 11) is 0. The Hall–Kier alpha value is -8.46. The van der Waals surface area contributed by atoms with Crippen molar-refractivity contribution in [3.8, 4) is 22.5 Å². The molecule has 0 unspecified atom stereocenters. The molecule has 0 atom stereocenters. The normalized spacial score (nSPS) is 12.3. The summed E-state index contributed by atoms with van der Waals surface area (Å²) < 4.78 is 5.04. The molecule has 2 aromatic heterocycles. The first-order chi connectivity index (χ1) is 32.6. The van der Waals surface area contributed by atoms with Gasteiger partial charge in [0.1, 0.15) is 0 Å². The van der Waals surface area contributed by atoms with Crippen LogP contribution < -0.4 is 0 Å². The quantitative estimate of drug-likeness (QED) is 0.148. The average Bonchev–Trinajstić information content (AvgIpc) is 3.88. The molecule has 0 radical (unpaired) electrons. The molecule has 0 N–H and O–H groups in total.